The number of hydrazine groups is 1. The Labute approximate surface area is 116 Å². The van der Waals surface area contributed by atoms with E-state index in [1.165, 1.54) is 12.8 Å². The smallest absolute Gasteiger partial charge is 0.224 e. The Morgan fingerprint density at radius 3 is 2.58 bits per heavy atom. The fourth-order valence-electron chi connectivity index (χ4n) is 2.61. The van der Waals surface area contributed by atoms with Crippen LogP contribution in [0.5, 0.6) is 0 Å². The zero-order valence-corrected chi connectivity index (χ0v) is 12.6. The van der Waals surface area contributed by atoms with E-state index in [-0.39, 0.29) is 5.75 Å². The van der Waals surface area contributed by atoms with E-state index >= 15 is 0 Å². The summed E-state index contributed by atoms with van der Waals surface area (Å²) in [6, 6.07) is 0.373. The summed E-state index contributed by atoms with van der Waals surface area (Å²) in [4.78, 5) is 4.91. The van der Waals surface area contributed by atoms with Crippen LogP contribution in [-0.2, 0) is 10.0 Å². The molecule has 0 aromatic carbocycles. The molecule has 7 heteroatoms. The van der Waals surface area contributed by atoms with E-state index in [0.29, 0.717) is 12.5 Å². The summed E-state index contributed by atoms with van der Waals surface area (Å²) in [6.07, 6.45) is 4.24. The van der Waals surface area contributed by atoms with Crippen molar-refractivity contribution < 1.29 is 8.42 Å². The molecule has 2 saturated heterocycles. The van der Waals surface area contributed by atoms with Gasteiger partial charge in [0.15, 0.2) is 0 Å². The van der Waals surface area contributed by atoms with Crippen LogP contribution in [0.25, 0.3) is 0 Å². The highest BCUT2D eigenvalue weighted by molar-refractivity contribution is 7.89. The number of piperidine rings is 1. The minimum Gasteiger partial charge on any atom is -0.314 e. The molecule has 1 atom stereocenters. The average Bonchev–Trinajstić information content (AvgIpc) is 2.40. The van der Waals surface area contributed by atoms with Gasteiger partial charge in [0.25, 0.3) is 0 Å². The molecule has 112 valence electrons. The molecule has 6 nitrogen and oxygen atoms in total. The summed E-state index contributed by atoms with van der Waals surface area (Å²) in [6.45, 7) is 4.37. The number of hydrogen-bond acceptors (Lipinski definition) is 5. The van der Waals surface area contributed by atoms with Crippen LogP contribution in [0.15, 0.2) is 0 Å². The van der Waals surface area contributed by atoms with E-state index in [9.17, 15) is 8.42 Å². The standard InChI is InChI=1S/C12H26N4O2S/c1-15-7-9-16(10-8-15)14-19(17,18)11-5-12-4-2-3-6-13-12/h12-14H,2-11H2,1H3. The van der Waals surface area contributed by atoms with Crippen LogP contribution >= 0.6 is 0 Å². The van der Waals surface area contributed by atoms with Crippen LogP contribution in [0.2, 0.25) is 0 Å². The first-order chi connectivity index (χ1) is 9.05. The minimum atomic E-state index is -3.18. The fraction of sp³-hybridized carbons (Fsp3) is 1.00. The summed E-state index contributed by atoms with van der Waals surface area (Å²) in [5, 5.41) is 5.21. The Morgan fingerprint density at radius 2 is 1.95 bits per heavy atom. The molecule has 1 unspecified atom stereocenters. The van der Waals surface area contributed by atoms with Crippen LogP contribution in [0.4, 0.5) is 0 Å². The zero-order valence-electron chi connectivity index (χ0n) is 11.8. The van der Waals surface area contributed by atoms with Crippen molar-refractivity contribution in [2.24, 2.45) is 0 Å². The minimum absolute atomic E-state index is 0.219. The van der Waals surface area contributed by atoms with Gasteiger partial charge in [0.05, 0.1) is 5.75 Å². The second-order valence-corrected chi connectivity index (χ2v) is 7.46. The lowest BCUT2D eigenvalue weighted by Gasteiger charge is -2.32. The monoisotopic (exact) mass is 290 g/mol. The van der Waals surface area contributed by atoms with Gasteiger partial charge in [-0.25, -0.2) is 13.4 Å². The summed E-state index contributed by atoms with van der Waals surface area (Å²) < 4.78 is 24.1. The molecule has 2 fully saturated rings. The molecule has 2 N–H and O–H groups in total. The molecule has 2 rings (SSSR count). The van der Waals surface area contributed by atoms with E-state index in [2.05, 4.69) is 22.1 Å². The third kappa shape index (κ3) is 5.35. The summed E-state index contributed by atoms with van der Waals surface area (Å²) in [5.74, 6) is 0.219. The van der Waals surface area contributed by atoms with E-state index < -0.39 is 10.0 Å². The predicted octanol–water partition coefficient (Wildman–Crippen LogP) is -0.400. The van der Waals surface area contributed by atoms with Crippen LogP contribution in [0, 0.1) is 0 Å². The van der Waals surface area contributed by atoms with Gasteiger partial charge in [-0.2, -0.15) is 0 Å². The molecule has 0 aromatic heterocycles. The van der Waals surface area contributed by atoms with E-state index in [1.807, 2.05) is 5.01 Å². The number of piperazine rings is 1. The van der Waals surface area contributed by atoms with Crippen molar-refractivity contribution in [2.45, 2.75) is 31.7 Å². The van der Waals surface area contributed by atoms with E-state index in [1.54, 1.807) is 0 Å². The van der Waals surface area contributed by atoms with Crippen molar-refractivity contribution in [1.29, 1.82) is 0 Å². The topological polar surface area (TPSA) is 64.7 Å². The molecule has 19 heavy (non-hydrogen) atoms. The molecule has 2 aliphatic heterocycles. The number of nitrogens with zero attached hydrogens (tertiary/aromatic N) is 2. The van der Waals surface area contributed by atoms with Crippen LogP contribution in [0.3, 0.4) is 0 Å². The van der Waals surface area contributed by atoms with Gasteiger partial charge in [-0.1, -0.05) is 6.42 Å². The second kappa shape index (κ2) is 6.99. The van der Waals surface area contributed by atoms with Gasteiger partial charge in [-0.15, -0.1) is 4.83 Å². The van der Waals surface area contributed by atoms with Gasteiger partial charge < -0.3 is 10.2 Å². The zero-order chi connectivity index (χ0) is 13.7. The lowest BCUT2D eigenvalue weighted by Crippen LogP contribution is -2.53. The van der Waals surface area contributed by atoms with Crippen LogP contribution in [0.1, 0.15) is 25.7 Å². The third-order valence-corrected chi connectivity index (χ3v) is 5.23. The normalized spacial score (nSPS) is 27.5. The Bertz CT molecular complexity index is 360. The van der Waals surface area contributed by atoms with Gasteiger partial charge in [0.2, 0.25) is 10.0 Å². The second-order valence-electron chi connectivity index (χ2n) is 5.64. The molecule has 0 radical (unpaired) electrons. The highest BCUT2D eigenvalue weighted by Gasteiger charge is 2.21. The SMILES string of the molecule is CN1CCN(NS(=O)(=O)CCC2CCCCN2)CC1. The maximum Gasteiger partial charge on any atom is 0.224 e. The first kappa shape index (κ1) is 15.2. The van der Waals surface area contributed by atoms with Crippen molar-refractivity contribution in [3.63, 3.8) is 0 Å². The van der Waals surface area contributed by atoms with Crippen molar-refractivity contribution in [3.05, 3.63) is 0 Å². The Morgan fingerprint density at radius 1 is 1.21 bits per heavy atom. The Balaban J connectivity index is 1.72. The molecule has 2 aliphatic rings. The number of hydrogen-bond donors (Lipinski definition) is 2. The third-order valence-electron chi connectivity index (χ3n) is 3.92. The first-order valence-electron chi connectivity index (χ1n) is 7.22. The number of rotatable bonds is 5. The number of likely N-dealkylation sites (N-methyl/N-ethyl adjacent to an activating group) is 1. The number of nitrogens with one attached hydrogen (secondary N) is 2. The summed E-state index contributed by atoms with van der Waals surface area (Å²) in [5.41, 5.74) is 0. The molecule has 0 amide bonds. The Hall–Kier alpha value is -0.210. The maximum absolute atomic E-state index is 12.0. The van der Waals surface area contributed by atoms with Crippen molar-refractivity contribution >= 4 is 10.0 Å². The molecule has 0 bridgehead atoms. The lowest BCUT2D eigenvalue weighted by molar-refractivity contribution is 0.134. The molecular formula is C12H26N4O2S. The predicted molar refractivity (Wildman–Crippen MR) is 76.3 cm³/mol. The molecular weight excluding hydrogens is 264 g/mol. The Kier molecular flexibility index (Phi) is 5.58. The van der Waals surface area contributed by atoms with Gasteiger partial charge in [0, 0.05) is 32.2 Å². The maximum atomic E-state index is 12.0. The van der Waals surface area contributed by atoms with Gasteiger partial charge in [-0.05, 0) is 32.9 Å². The summed E-state index contributed by atoms with van der Waals surface area (Å²) >= 11 is 0. The quantitative estimate of drug-likeness (QED) is 0.721. The molecule has 0 aromatic rings. The largest absolute Gasteiger partial charge is 0.314 e. The number of sulfonamides is 1. The van der Waals surface area contributed by atoms with Crippen LogP contribution < -0.4 is 10.1 Å². The lowest BCUT2D eigenvalue weighted by atomic mass is 10.0. The van der Waals surface area contributed by atoms with Gasteiger partial charge >= 0.3 is 0 Å². The molecule has 2 heterocycles. The first-order valence-corrected chi connectivity index (χ1v) is 8.87. The van der Waals surface area contributed by atoms with Gasteiger partial charge in [-0.3, -0.25) is 0 Å². The van der Waals surface area contributed by atoms with E-state index in [0.717, 1.165) is 39.1 Å². The summed E-state index contributed by atoms with van der Waals surface area (Å²) in [7, 11) is -1.12. The average molecular weight is 290 g/mol. The molecule has 0 saturated carbocycles. The van der Waals surface area contributed by atoms with Crippen molar-refractivity contribution in [3.8, 4) is 0 Å². The van der Waals surface area contributed by atoms with Crippen molar-refractivity contribution in [2.75, 3.05) is 45.5 Å². The molecule has 0 aliphatic carbocycles. The fourth-order valence-corrected chi connectivity index (χ4v) is 3.87. The molecule has 0 spiro atoms. The van der Waals surface area contributed by atoms with Crippen molar-refractivity contribution in [1.82, 2.24) is 20.1 Å². The highest BCUT2D eigenvalue weighted by atomic mass is 32.2. The van der Waals surface area contributed by atoms with Gasteiger partial charge in [0.1, 0.15) is 0 Å². The van der Waals surface area contributed by atoms with E-state index in [4.69, 9.17) is 0 Å². The van der Waals surface area contributed by atoms with Crippen LogP contribution in [-0.4, -0.2) is 69.9 Å². The highest BCUT2D eigenvalue weighted by Crippen LogP contribution is 2.11.